The SMILES string of the molecule is Cn1c(=O)c2c(c3cc(Nc4nc(N5CCC(F)(F)[C@@H](CO)C5)ncc4Cl)ccc31)NC(C1CC1)C(F)(F)CO2. The van der Waals surface area contributed by atoms with E-state index in [-0.39, 0.29) is 47.2 Å². The van der Waals surface area contributed by atoms with Crippen LogP contribution in [0.4, 0.5) is 40.7 Å². The molecule has 0 amide bonds. The molecule has 40 heavy (non-hydrogen) atoms. The van der Waals surface area contributed by atoms with Crippen LogP contribution in [0.2, 0.25) is 5.02 Å². The third-order valence-corrected chi connectivity index (χ3v) is 8.14. The largest absolute Gasteiger partial charge is 0.480 e. The molecule has 1 aromatic carbocycles. The number of piperidine rings is 1. The van der Waals surface area contributed by atoms with Crippen molar-refractivity contribution in [2.24, 2.45) is 18.9 Å². The average molecular weight is 583 g/mol. The number of nitrogens with zero attached hydrogens (tertiary/aromatic N) is 4. The molecule has 14 heteroatoms. The van der Waals surface area contributed by atoms with Crippen LogP contribution in [0, 0.1) is 11.8 Å². The van der Waals surface area contributed by atoms with Gasteiger partial charge < -0.3 is 29.9 Å². The maximum absolute atomic E-state index is 14.9. The first-order chi connectivity index (χ1) is 19.0. The number of alkyl halides is 4. The Bertz CT molecular complexity index is 1530. The fourth-order valence-electron chi connectivity index (χ4n) is 5.37. The zero-order chi connectivity index (χ0) is 28.4. The Kier molecular flexibility index (Phi) is 6.49. The second-order valence-corrected chi connectivity index (χ2v) is 11.0. The van der Waals surface area contributed by atoms with Crippen LogP contribution < -0.4 is 25.8 Å². The Morgan fingerprint density at radius 2 is 2.02 bits per heavy atom. The molecule has 0 radical (unpaired) electrons. The number of halogens is 5. The van der Waals surface area contributed by atoms with Crippen molar-refractivity contribution in [1.29, 1.82) is 0 Å². The van der Waals surface area contributed by atoms with E-state index in [1.165, 1.54) is 17.8 Å². The van der Waals surface area contributed by atoms with Crippen molar-refractivity contribution < 1.29 is 27.4 Å². The van der Waals surface area contributed by atoms with Gasteiger partial charge in [-0.05, 0) is 37.0 Å². The Hall–Kier alpha value is -3.32. The number of ether oxygens (including phenoxy) is 1. The second-order valence-electron chi connectivity index (χ2n) is 10.6. The first kappa shape index (κ1) is 26.9. The molecule has 2 aliphatic heterocycles. The molecule has 1 saturated heterocycles. The predicted molar refractivity (Wildman–Crippen MR) is 142 cm³/mol. The Balaban J connectivity index is 1.35. The van der Waals surface area contributed by atoms with Gasteiger partial charge in [-0.3, -0.25) is 4.79 Å². The van der Waals surface area contributed by atoms with E-state index in [2.05, 4.69) is 20.6 Å². The number of hydrogen-bond donors (Lipinski definition) is 3. The highest BCUT2D eigenvalue weighted by atomic mass is 35.5. The predicted octanol–water partition coefficient (Wildman–Crippen LogP) is 4.40. The van der Waals surface area contributed by atoms with Gasteiger partial charge in [0, 0.05) is 37.6 Å². The maximum Gasteiger partial charge on any atom is 0.301 e. The number of aliphatic hydroxyl groups is 1. The van der Waals surface area contributed by atoms with E-state index in [0.717, 1.165) is 0 Å². The van der Waals surface area contributed by atoms with Crippen LogP contribution in [-0.2, 0) is 7.05 Å². The van der Waals surface area contributed by atoms with Gasteiger partial charge >= 0.3 is 5.92 Å². The van der Waals surface area contributed by atoms with Crippen LogP contribution in [0.25, 0.3) is 10.9 Å². The molecule has 1 unspecified atom stereocenters. The highest BCUT2D eigenvalue weighted by Crippen LogP contribution is 2.45. The summed E-state index contributed by atoms with van der Waals surface area (Å²) in [6.07, 6.45) is 2.24. The molecule has 3 N–H and O–H groups in total. The minimum Gasteiger partial charge on any atom is -0.480 e. The number of benzene rings is 1. The minimum atomic E-state index is -3.16. The maximum atomic E-state index is 14.9. The Morgan fingerprint density at radius 3 is 2.75 bits per heavy atom. The van der Waals surface area contributed by atoms with Gasteiger partial charge in [-0.15, -0.1) is 0 Å². The number of nitrogens with one attached hydrogen (secondary N) is 2. The first-order valence-electron chi connectivity index (χ1n) is 13.0. The summed E-state index contributed by atoms with van der Waals surface area (Å²) < 4.78 is 64.7. The van der Waals surface area contributed by atoms with Gasteiger partial charge in [0.25, 0.3) is 11.5 Å². The number of hydrogen-bond acceptors (Lipinski definition) is 8. The topological polar surface area (TPSA) is 105 Å². The van der Waals surface area contributed by atoms with E-state index in [0.29, 0.717) is 29.4 Å². The van der Waals surface area contributed by atoms with Crippen molar-refractivity contribution in [2.45, 2.75) is 37.1 Å². The lowest BCUT2D eigenvalue weighted by molar-refractivity contribution is -0.0881. The summed E-state index contributed by atoms with van der Waals surface area (Å²) in [6, 6.07) is 3.86. The molecular weight excluding hydrogens is 556 g/mol. The molecule has 6 rings (SSSR count). The summed E-state index contributed by atoms with van der Waals surface area (Å²) in [5.41, 5.74) is 0.664. The number of aliphatic hydroxyl groups excluding tert-OH is 1. The molecular formula is C26H27ClF4N6O3. The molecule has 3 aromatic rings. The second kappa shape index (κ2) is 9.65. The number of pyridine rings is 1. The standard InChI is InChI=1S/C26H27ClF4N6O3/c1-36-18-5-4-15(8-16(18)19-20(23(36)39)40-12-26(30,31)21(34-19)13-2-3-13)33-22-17(27)9-32-24(35-22)37-7-6-25(28,29)14(10-37)11-38/h4-5,8-9,13-14,21,34,38H,2-3,6-7,10-12H2,1H3,(H,32,33,35)/t14-,21?/m1/s1. The van der Waals surface area contributed by atoms with Crippen molar-refractivity contribution >= 4 is 45.6 Å². The summed E-state index contributed by atoms with van der Waals surface area (Å²) >= 11 is 6.35. The molecule has 4 heterocycles. The summed E-state index contributed by atoms with van der Waals surface area (Å²) in [6.45, 7) is -1.69. The van der Waals surface area contributed by atoms with Gasteiger partial charge in [0.15, 0.2) is 12.4 Å². The van der Waals surface area contributed by atoms with E-state index < -0.39 is 49.0 Å². The van der Waals surface area contributed by atoms with Crippen LogP contribution in [0.1, 0.15) is 19.3 Å². The summed E-state index contributed by atoms with van der Waals surface area (Å²) in [5.74, 6) is -7.41. The molecule has 2 aromatic heterocycles. The van der Waals surface area contributed by atoms with Crippen LogP contribution in [0.3, 0.4) is 0 Å². The lowest BCUT2D eigenvalue weighted by Crippen LogP contribution is -2.49. The van der Waals surface area contributed by atoms with E-state index >= 15 is 0 Å². The molecule has 2 atom stereocenters. The smallest absolute Gasteiger partial charge is 0.301 e. The monoisotopic (exact) mass is 582 g/mol. The van der Waals surface area contributed by atoms with Crippen molar-refractivity contribution in [2.75, 3.05) is 41.8 Å². The number of rotatable bonds is 5. The van der Waals surface area contributed by atoms with E-state index in [1.54, 1.807) is 23.1 Å². The van der Waals surface area contributed by atoms with E-state index in [4.69, 9.17) is 16.3 Å². The van der Waals surface area contributed by atoms with Gasteiger partial charge in [-0.2, -0.15) is 4.98 Å². The number of anilines is 4. The fraction of sp³-hybridized carbons (Fsp3) is 0.500. The third-order valence-electron chi connectivity index (χ3n) is 7.86. The van der Waals surface area contributed by atoms with Crippen LogP contribution >= 0.6 is 11.6 Å². The minimum absolute atomic E-state index is 0.000817. The Labute approximate surface area is 231 Å². The quantitative estimate of drug-likeness (QED) is 0.381. The van der Waals surface area contributed by atoms with Gasteiger partial charge in [0.1, 0.15) is 5.02 Å². The first-order valence-corrected chi connectivity index (χ1v) is 13.3. The van der Waals surface area contributed by atoms with Crippen LogP contribution in [-0.4, -0.2) is 63.8 Å². The molecule has 214 valence electrons. The lowest BCUT2D eigenvalue weighted by atomic mass is 9.94. The van der Waals surface area contributed by atoms with Crippen molar-refractivity contribution in [3.63, 3.8) is 0 Å². The van der Waals surface area contributed by atoms with Gasteiger partial charge in [0.2, 0.25) is 11.7 Å². The average Bonchev–Trinajstić information content (AvgIpc) is 3.76. The number of aryl methyl sites for hydroxylation is 1. The molecule has 0 spiro atoms. The number of aromatic nitrogens is 3. The van der Waals surface area contributed by atoms with E-state index in [9.17, 15) is 27.5 Å². The van der Waals surface area contributed by atoms with Crippen molar-refractivity contribution in [3.05, 3.63) is 39.8 Å². The highest BCUT2D eigenvalue weighted by molar-refractivity contribution is 6.33. The van der Waals surface area contributed by atoms with Gasteiger partial charge in [-0.25, -0.2) is 22.5 Å². The zero-order valence-electron chi connectivity index (χ0n) is 21.4. The number of fused-ring (bicyclic) bond motifs is 3. The van der Waals surface area contributed by atoms with Crippen LogP contribution in [0.15, 0.2) is 29.2 Å². The summed E-state index contributed by atoms with van der Waals surface area (Å²) in [5, 5.41) is 16.1. The highest BCUT2D eigenvalue weighted by Gasteiger charge is 2.51. The van der Waals surface area contributed by atoms with E-state index in [1.807, 2.05) is 0 Å². The third kappa shape index (κ3) is 4.68. The molecule has 3 aliphatic rings. The lowest BCUT2D eigenvalue weighted by Gasteiger charge is -2.37. The summed E-state index contributed by atoms with van der Waals surface area (Å²) in [4.78, 5) is 23.2. The molecule has 1 aliphatic carbocycles. The normalized spacial score (nSPS) is 23.6. The van der Waals surface area contributed by atoms with Gasteiger partial charge in [0.05, 0.1) is 36.0 Å². The van der Waals surface area contributed by atoms with Crippen molar-refractivity contribution in [3.8, 4) is 5.75 Å². The van der Waals surface area contributed by atoms with Crippen molar-refractivity contribution in [1.82, 2.24) is 14.5 Å². The molecule has 2 fully saturated rings. The summed E-state index contributed by atoms with van der Waals surface area (Å²) in [7, 11) is 1.54. The Morgan fingerprint density at radius 1 is 1.25 bits per heavy atom. The molecule has 0 bridgehead atoms. The fourth-order valence-corrected chi connectivity index (χ4v) is 5.51. The molecule has 9 nitrogen and oxygen atoms in total. The van der Waals surface area contributed by atoms with Crippen LogP contribution in [0.5, 0.6) is 5.75 Å². The van der Waals surface area contributed by atoms with Gasteiger partial charge in [-0.1, -0.05) is 11.6 Å². The zero-order valence-corrected chi connectivity index (χ0v) is 22.2. The molecule has 1 saturated carbocycles.